The van der Waals surface area contributed by atoms with Crippen molar-refractivity contribution < 1.29 is 18.7 Å². The quantitative estimate of drug-likeness (QED) is 0.582. The summed E-state index contributed by atoms with van der Waals surface area (Å²) in [5, 5.41) is 2.87. The smallest absolute Gasteiger partial charge is 0.251 e. The van der Waals surface area contributed by atoms with Crippen LogP contribution in [0.4, 0.5) is 4.39 Å². The zero-order valence-corrected chi connectivity index (χ0v) is 14.5. The number of carbonyl (C=O) groups is 1. The van der Waals surface area contributed by atoms with Crippen molar-refractivity contribution in [3.63, 3.8) is 0 Å². The normalized spacial score (nSPS) is 10.3. The van der Waals surface area contributed by atoms with Gasteiger partial charge >= 0.3 is 0 Å². The van der Waals surface area contributed by atoms with Crippen LogP contribution in [-0.2, 0) is 0 Å². The Morgan fingerprint density at radius 2 is 1.79 bits per heavy atom. The minimum Gasteiger partial charge on any atom is -0.493 e. The van der Waals surface area contributed by atoms with Crippen molar-refractivity contribution in [1.82, 2.24) is 5.32 Å². The lowest BCUT2D eigenvalue weighted by Gasteiger charge is -2.10. The molecular weight excluding hydrogens is 329 g/mol. The first-order valence-corrected chi connectivity index (χ1v) is 8.51. The van der Waals surface area contributed by atoms with E-state index in [1.165, 1.54) is 19.2 Å². The van der Waals surface area contributed by atoms with Crippen molar-refractivity contribution in [2.75, 3.05) is 26.5 Å². The summed E-state index contributed by atoms with van der Waals surface area (Å²) in [4.78, 5) is 13.1. The van der Waals surface area contributed by atoms with E-state index < -0.39 is 0 Å². The summed E-state index contributed by atoms with van der Waals surface area (Å²) >= 11 is 1.63. The molecule has 1 amide bonds. The molecule has 2 aromatic carbocycles. The molecule has 0 aliphatic rings. The highest BCUT2D eigenvalue weighted by atomic mass is 32.2. The van der Waals surface area contributed by atoms with Crippen molar-refractivity contribution in [2.45, 2.75) is 11.3 Å². The lowest BCUT2D eigenvalue weighted by molar-refractivity contribution is 0.0953. The average Bonchev–Trinajstić information content (AvgIpc) is 2.62. The number of hydrogen-bond acceptors (Lipinski definition) is 4. The number of methoxy groups -OCH3 is 2. The Morgan fingerprint density at radius 3 is 2.46 bits per heavy atom. The minimum absolute atomic E-state index is 0.150. The number of nitrogens with one attached hydrogen (secondary N) is 1. The van der Waals surface area contributed by atoms with Crippen molar-refractivity contribution in [3.05, 3.63) is 53.8 Å². The van der Waals surface area contributed by atoms with E-state index in [0.29, 0.717) is 23.6 Å². The van der Waals surface area contributed by atoms with Crippen LogP contribution >= 0.6 is 11.8 Å². The highest BCUT2D eigenvalue weighted by molar-refractivity contribution is 7.99. The Kier molecular flexibility index (Phi) is 6.93. The molecule has 0 spiro atoms. The highest BCUT2D eigenvalue weighted by Gasteiger charge is 2.10. The Labute approximate surface area is 145 Å². The molecule has 0 aliphatic carbocycles. The number of thioether (sulfide) groups is 1. The second-order valence-electron chi connectivity index (χ2n) is 4.98. The Balaban J connectivity index is 1.76. The number of halogens is 1. The molecule has 0 saturated heterocycles. The molecule has 0 aromatic heterocycles. The average molecular weight is 349 g/mol. The van der Waals surface area contributed by atoms with Crippen LogP contribution in [0.5, 0.6) is 11.5 Å². The van der Waals surface area contributed by atoms with Crippen LogP contribution in [0.2, 0.25) is 0 Å². The number of amides is 1. The number of carbonyl (C=O) groups excluding carboxylic acids is 1. The molecule has 2 rings (SSSR count). The van der Waals surface area contributed by atoms with Gasteiger partial charge in [-0.3, -0.25) is 4.79 Å². The zero-order chi connectivity index (χ0) is 17.4. The summed E-state index contributed by atoms with van der Waals surface area (Å²) < 4.78 is 23.2. The molecule has 128 valence electrons. The molecule has 0 fully saturated rings. The molecular formula is C18H20FNO3S. The first-order valence-electron chi connectivity index (χ1n) is 7.52. The largest absolute Gasteiger partial charge is 0.493 e. The molecule has 1 N–H and O–H groups in total. The van der Waals surface area contributed by atoms with Crippen LogP contribution in [0.15, 0.2) is 47.4 Å². The maximum Gasteiger partial charge on any atom is 0.251 e. The van der Waals surface area contributed by atoms with E-state index in [1.807, 2.05) is 0 Å². The Morgan fingerprint density at radius 1 is 1.08 bits per heavy atom. The third kappa shape index (κ3) is 5.16. The predicted octanol–water partition coefficient (Wildman–Crippen LogP) is 3.76. The van der Waals surface area contributed by atoms with Crippen molar-refractivity contribution in [2.24, 2.45) is 0 Å². The topological polar surface area (TPSA) is 47.6 Å². The van der Waals surface area contributed by atoms with Gasteiger partial charge < -0.3 is 14.8 Å². The fraction of sp³-hybridized carbons (Fsp3) is 0.278. The van der Waals surface area contributed by atoms with E-state index in [9.17, 15) is 9.18 Å². The molecule has 0 heterocycles. The number of benzene rings is 2. The first kappa shape index (κ1) is 18.1. The molecule has 4 nitrogen and oxygen atoms in total. The van der Waals surface area contributed by atoms with Gasteiger partial charge in [-0.1, -0.05) is 0 Å². The molecule has 0 unspecified atom stereocenters. The van der Waals surface area contributed by atoms with E-state index in [2.05, 4.69) is 5.32 Å². The fourth-order valence-corrected chi connectivity index (χ4v) is 2.93. The van der Waals surface area contributed by atoms with E-state index in [0.717, 1.165) is 17.1 Å². The van der Waals surface area contributed by atoms with Crippen LogP contribution in [0.1, 0.15) is 16.8 Å². The molecule has 0 bridgehead atoms. The van der Waals surface area contributed by atoms with Gasteiger partial charge in [0.1, 0.15) is 5.82 Å². The summed E-state index contributed by atoms with van der Waals surface area (Å²) in [5.74, 6) is 1.57. The lowest BCUT2D eigenvalue weighted by Crippen LogP contribution is -2.24. The summed E-state index contributed by atoms with van der Waals surface area (Å²) in [6, 6.07) is 11.5. The van der Waals surface area contributed by atoms with Crippen molar-refractivity contribution >= 4 is 17.7 Å². The monoisotopic (exact) mass is 349 g/mol. The fourth-order valence-electron chi connectivity index (χ4n) is 2.07. The molecule has 0 aliphatic heterocycles. The highest BCUT2D eigenvalue weighted by Crippen LogP contribution is 2.27. The molecule has 0 atom stereocenters. The minimum atomic E-state index is -0.235. The third-order valence-corrected chi connectivity index (χ3v) is 4.43. The second kappa shape index (κ2) is 9.17. The van der Waals surface area contributed by atoms with Crippen molar-refractivity contribution in [1.29, 1.82) is 0 Å². The van der Waals surface area contributed by atoms with Gasteiger partial charge in [0, 0.05) is 17.0 Å². The van der Waals surface area contributed by atoms with Gasteiger partial charge in [0.2, 0.25) is 0 Å². The van der Waals surface area contributed by atoms with Gasteiger partial charge in [0.25, 0.3) is 5.91 Å². The van der Waals surface area contributed by atoms with E-state index in [-0.39, 0.29) is 11.7 Å². The van der Waals surface area contributed by atoms with Crippen LogP contribution < -0.4 is 14.8 Å². The van der Waals surface area contributed by atoms with Gasteiger partial charge in [-0.15, -0.1) is 11.8 Å². The molecule has 0 saturated carbocycles. The SMILES string of the molecule is COc1ccc(C(=O)NCCCSc2ccc(F)cc2)cc1OC. The summed E-state index contributed by atoms with van der Waals surface area (Å²) in [6.07, 6.45) is 0.821. The van der Waals surface area contributed by atoms with Crippen molar-refractivity contribution in [3.8, 4) is 11.5 Å². The van der Waals surface area contributed by atoms with E-state index >= 15 is 0 Å². The maximum atomic E-state index is 12.8. The van der Waals surface area contributed by atoms with Crippen LogP contribution in [0.25, 0.3) is 0 Å². The van der Waals surface area contributed by atoms with Gasteiger partial charge in [-0.25, -0.2) is 4.39 Å². The van der Waals surface area contributed by atoms with Crippen LogP contribution in [0.3, 0.4) is 0 Å². The van der Waals surface area contributed by atoms with Gasteiger partial charge in [0.05, 0.1) is 14.2 Å². The standard InChI is InChI=1S/C18H20FNO3S/c1-22-16-9-4-13(12-17(16)23-2)18(21)20-10-3-11-24-15-7-5-14(19)6-8-15/h4-9,12H,3,10-11H2,1-2H3,(H,20,21). The second-order valence-corrected chi connectivity index (χ2v) is 6.15. The molecule has 6 heteroatoms. The van der Waals surface area contributed by atoms with Gasteiger partial charge in [-0.2, -0.15) is 0 Å². The van der Waals surface area contributed by atoms with E-state index in [1.54, 1.807) is 49.2 Å². The Bertz CT molecular complexity index is 676. The van der Waals surface area contributed by atoms with E-state index in [4.69, 9.17) is 9.47 Å². The zero-order valence-electron chi connectivity index (χ0n) is 13.7. The summed E-state index contributed by atoms with van der Waals surface area (Å²) in [6.45, 7) is 0.571. The lowest BCUT2D eigenvalue weighted by atomic mass is 10.2. The van der Waals surface area contributed by atoms with Gasteiger partial charge in [-0.05, 0) is 54.6 Å². The Hall–Kier alpha value is -2.21. The maximum absolute atomic E-state index is 12.8. The van der Waals surface area contributed by atoms with Crippen LogP contribution in [0, 0.1) is 5.82 Å². The summed E-state index contributed by atoms with van der Waals surface area (Å²) in [5.41, 5.74) is 0.527. The molecule has 2 aromatic rings. The molecule has 0 radical (unpaired) electrons. The van der Waals surface area contributed by atoms with Crippen LogP contribution in [-0.4, -0.2) is 32.4 Å². The third-order valence-electron chi connectivity index (χ3n) is 3.33. The first-order chi connectivity index (χ1) is 11.6. The van der Waals surface area contributed by atoms with Gasteiger partial charge in [0.15, 0.2) is 11.5 Å². The number of hydrogen-bond donors (Lipinski definition) is 1. The number of rotatable bonds is 8. The molecule has 24 heavy (non-hydrogen) atoms. The summed E-state index contributed by atoms with van der Waals surface area (Å²) in [7, 11) is 3.09. The number of ether oxygens (including phenoxy) is 2. The predicted molar refractivity (Wildman–Crippen MR) is 93.6 cm³/mol.